The van der Waals surface area contributed by atoms with Crippen LogP contribution in [-0.2, 0) is 6.42 Å². The number of hydrogen-bond acceptors (Lipinski definition) is 1. The maximum atomic E-state index is 6.69. The molecule has 1 fully saturated rings. The molecule has 2 rings (SSSR count). The molecule has 0 aliphatic heterocycles. The van der Waals surface area contributed by atoms with Gasteiger partial charge in [0, 0.05) is 5.54 Å². The van der Waals surface area contributed by atoms with Gasteiger partial charge in [0.25, 0.3) is 0 Å². The second kappa shape index (κ2) is 4.81. The number of nitrogens with two attached hydrogens (primary N) is 1. The van der Waals surface area contributed by atoms with E-state index in [0.717, 1.165) is 12.3 Å². The maximum absolute atomic E-state index is 6.69. The lowest BCUT2D eigenvalue weighted by atomic mass is 9.67. The highest BCUT2D eigenvalue weighted by Gasteiger charge is 2.37. The SMILES string of the molecule is Cc1ccccc1CC1(N)CC(C)CCC1C. The lowest BCUT2D eigenvalue weighted by Crippen LogP contribution is -2.51. The summed E-state index contributed by atoms with van der Waals surface area (Å²) in [6, 6.07) is 8.66. The number of aryl methyl sites for hydroxylation is 1. The minimum atomic E-state index is 0.00375. The van der Waals surface area contributed by atoms with E-state index in [1.165, 1.54) is 30.4 Å². The average molecular weight is 231 g/mol. The fourth-order valence-electron chi connectivity index (χ4n) is 3.18. The molecule has 0 saturated heterocycles. The van der Waals surface area contributed by atoms with E-state index in [4.69, 9.17) is 5.73 Å². The number of benzene rings is 1. The second-order valence-corrected chi connectivity index (χ2v) is 6.12. The van der Waals surface area contributed by atoms with Crippen LogP contribution in [0.5, 0.6) is 0 Å². The van der Waals surface area contributed by atoms with Crippen molar-refractivity contribution < 1.29 is 0 Å². The Kier molecular flexibility index (Phi) is 3.58. The number of hydrogen-bond donors (Lipinski definition) is 1. The number of rotatable bonds is 2. The zero-order chi connectivity index (χ0) is 12.5. The van der Waals surface area contributed by atoms with Crippen LogP contribution < -0.4 is 5.73 Å². The lowest BCUT2D eigenvalue weighted by Gasteiger charge is -2.42. The quantitative estimate of drug-likeness (QED) is 0.825. The first-order valence-corrected chi connectivity index (χ1v) is 6.84. The largest absolute Gasteiger partial charge is 0.325 e. The Hall–Kier alpha value is -0.820. The Bertz CT molecular complexity index is 385. The van der Waals surface area contributed by atoms with Crippen molar-refractivity contribution in [1.29, 1.82) is 0 Å². The normalized spacial score (nSPS) is 33.6. The molecule has 0 bridgehead atoms. The Labute approximate surface area is 105 Å². The molecular formula is C16H25N. The molecular weight excluding hydrogens is 206 g/mol. The summed E-state index contributed by atoms with van der Waals surface area (Å²) in [4.78, 5) is 0. The molecule has 1 aliphatic rings. The molecule has 3 unspecified atom stereocenters. The molecule has 1 aromatic rings. The van der Waals surface area contributed by atoms with Crippen molar-refractivity contribution in [3.05, 3.63) is 35.4 Å². The standard InChI is InChI=1S/C16H25N/c1-12-8-9-14(3)16(17,10-12)11-15-7-5-4-6-13(15)2/h4-7,12,14H,8-11,17H2,1-3H3. The van der Waals surface area contributed by atoms with Crippen LogP contribution in [0.4, 0.5) is 0 Å². The maximum Gasteiger partial charge on any atom is 0.0223 e. The summed E-state index contributed by atoms with van der Waals surface area (Å²) >= 11 is 0. The van der Waals surface area contributed by atoms with Gasteiger partial charge in [0.15, 0.2) is 0 Å². The molecule has 17 heavy (non-hydrogen) atoms. The Morgan fingerprint density at radius 1 is 1.24 bits per heavy atom. The van der Waals surface area contributed by atoms with E-state index in [9.17, 15) is 0 Å². The van der Waals surface area contributed by atoms with E-state index < -0.39 is 0 Å². The van der Waals surface area contributed by atoms with Crippen molar-refractivity contribution >= 4 is 0 Å². The van der Waals surface area contributed by atoms with E-state index in [1.54, 1.807) is 0 Å². The Balaban J connectivity index is 2.18. The highest BCUT2D eigenvalue weighted by atomic mass is 14.8. The van der Waals surface area contributed by atoms with Gasteiger partial charge in [-0.05, 0) is 49.1 Å². The molecule has 1 heteroatoms. The monoisotopic (exact) mass is 231 g/mol. The Morgan fingerprint density at radius 2 is 1.94 bits per heavy atom. The van der Waals surface area contributed by atoms with Crippen molar-refractivity contribution in [1.82, 2.24) is 0 Å². The molecule has 0 heterocycles. The van der Waals surface area contributed by atoms with Gasteiger partial charge in [0.05, 0.1) is 0 Å². The highest BCUT2D eigenvalue weighted by Crippen LogP contribution is 2.37. The van der Waals surface area contributed by atoms with Gasteiger partial charge in [-0.25, -0.2) is 0 Å². The summed E-state index contributed by atoms with van der Waals surface area (Å²) in [7, 11) is 0. The zero-order valence-electron chi connectivity index (χ0n) is 11.4. The van der Waals surface area contributed by atoms with Gasteiger partial charge >= 0.3 is 0 Å². The molecule has 1 nitrogen and oxygen atoms in total. The van der Waals surface area contributed by atoms with Gasteiger partial charge in [0.1, 0.15) is 0 Å². The first kappa shape index (κ1) is 12.6. The van der Waals surface area contributed by atoms with Gasteiger partial charge in [-0.2, -0.15) is 0 Å². The fourth-order valence-corrected chi connectivity index (χ4v) is 3.18. The van der Waals surface area contributed by atoms with Crippen LogP contribution in [0.15, 0.2) is 24.3 Å². The third-order valence-corrected chi connectivity index (χ3v) is 4.58. The minimum Gasteiger partial charge on any atom is -0.325 e. The van der Waals surface area contributed by atoms with Crippen LogP contribution in [0.3, 0.4) is 0 Å². The second-order valence-electron chi connectivity index (χ2n) is 6.12. The van der Waals surface area contributed by atoms with Crippen LogP contribution in [-0.4, -0.2) is 5.54 Å². The molecule has 0 amide bonds. The summed E-state index contributed by atoms with van der Waals surface area (Å²) in [6.45, 7) is 6.85. The van der Waals surface area contributed by atoms with Crippen LogP contribution in [0.25, 0.3) is 0 Å². The van der Waals surface area contributed by atoms with E-state index >= 15 is 0 Å². The third kappa shape index (κ3) is 2.71. The summed E-state index contributed by atoms with van der Waals surface area (Å²) in [5, 5.41) is 0. The third-order valence-electron chi connectivity index (χ3n) is 4.58. The van der Waals surface area contributed by atoms with Crippen molar-refractivity contribution in [3.63, 3.8) is 0 Å². The topological polar surface area (TPSA) is 26.0 Å². The minimum absolute atomic E-state index is 0.00375. The van der Waals surface area contributed by atoms with Crippen LogP contribution in [0.2, 0.25) is 0 Å². The van der Waals surface area contributed by atoms with Gasteiger partial charge in [-0.3, -0.25) is 0 Å². The highest BCUT2D eigenvalue weighted by molar-refractivity contribution is 5.28. The smallest absolute Gasteiger partial charge is 0.0223 e. The van der Waals surface area contributed by atoms with E-state index in [0.29, 0.717) is 5.92 Å². The van der Waals surface area contributed by atoms with Crippen LogP contribution in [0, 0.1) is 18.8 Å². The van der Waals surface area contributed by atoms with Crippen LogP contribution in [0.1, 0.15) is 44.2 Å². The van der Waals surface area contributed by atoms with Gasteiger partial charge in [-0.15, -0.1) is 0 Å². The predicted octanol–water partition coefficient (Wildman–Crippen LogP) is 3.69. The van der Waals surface area contributed by atoms with Crippen molar-refractivity contribution in [2.45, 2.75) is 52.0 Å². The average Bonchev–Trinajstić information content (AvgIpc) is 2.27. The first-order valence-electron chi connectivity index (χ1n) is 6.84. The van der Waals surface area contributed by atoms with E-state index in [2.05, 4.69) is 45.0 Å². The summed E-state index contributed by atoms with van der Waals surface area (Å²) in [5.74, 6) is 1.42. The molecule has 0 radical (unpaired) electrons. The van der Waals surface area contributed by atoms with Gasteiger partial charge in [0.2, 0.25) is 0 Å². The van der Waals surface area contributed by atoms with E-state index in [-0.39, 0.29) is 5.54 Å². The summed E-state index contributed by atoms with van der Waals surface area (Å²) < 4.78 is 0. The molecule has 2 N–H and O–H groups in total. The molecule has 0 spiro atoms. The first-order chi connectivity index (χ1) is 8.01. The summed E-state index contributed by atoms with van der Waals surface area (Å²) in [6.07, 6.45) is 4.82. The van der Waals surface area contributed by atoms with E-state index in [1.807, 2.05) is 0 Å². The van der Waals surface area contributed by atoms with Gasteiger partial charge in [-0.1, -0.05) is 44.5 Å². The van der Waals surface area contributed by atoms with Crippen LogP contribution >= 0.6 is 0 Å². The van der Waals surface area contributed by atoms with Crippen molar-refractivity contribution in [3.8, 4) is 0 Å². The molecule has 0 aromatic heterocycles. The molecule has 1 aliphatic carbocycles. The fraction of sp³-hybridized carbons (Fsp3) is 0.625. The van der Waals surface area contributed by atoms with Gasteiger partial charge < -0.3 is 5.73 Å². The summed E-state index contributed by atoms with van der Waals surface area (Å²) in [5.41, 5.74) is 9.50. The van der Waals surface area contributed by atoms with Crippen molar-refractivity contribution in [2.75, 3.05) is 0 Å². The molecule has 94 valence electrons. The Morgan fingerprint density at radius 3 is 2.65 bits per heavy atom. The molecule has 1 saturated carbocycles. The van der Waals surface area contributed by atoms with Crippen molar-refractivity contribution in [2.24, 2.45) is 17.6 Å². The predicted molar refractivity (Wildman–Crippen MR) is 74.0 cm³/mol. The lowest BCUT2D eigenvalue weighted by molar-refractivity contribution is 0.161. The molecule has 3 atom stereocenters. The molecule has 1 aromatic carbocycles. The zero-order valence-corrected chi connectivity index (χ0v) is 11.4.